The van der Waals surface area contributed by atoms with Crippen LogP contribution in [0.4, 0.5) is 5.69 Å². The highest BCUT2D eigenvalue weighted by Gasteiger charge is 2.12. The quantitative estimate of drug-likeness (QED) is 0.302. The second-order valence-corrected chi connectivity index (χ2v) is 7.30. The third-order valence-corrected chi connectivity index (χ3v) is 4.51. The van der Waals surface area contributed by atoms with Crippen molar-refractivity contribution in [1.29, 1.82) is 0 Å². The Bertz CT molecular complexity index is 915. The molecule has 0 saturated carbocycles. The molecule has 0 saturated heterocycles. The van der Waals surface area contributed by atoms with E-state index >= 15 is 0 Å². The Morgan fingerprint density at radius 1 is 1.13 bits per heavy atom. The summed E-state index contributed by atoms with van der Waals surface area (Å²) in [6.07, 6.45) is 2.03. The number of para-hydroxylation sites is 1. The van der Waals surface area contributed by atoms with E-state index < -0.39 is 11.8 Å². The largest absolute Gasteiger partial charge is 0.490 e. The molecular weight excluding hydrogens is 450 g/mol. The fraction of sp³-hybridized carbons (Fsp3) is 0.318. The Kier molecular flexibility index (Phi) is 9.34. The van der Waals surface area contributed by atoms with Crippen LogP contribution in [-0.4, -0.2) is 31.2 Å². The van der Waals surface area contributed by atoms with Gasteiger partial charge in [-0.2, -0.15) is 5.10 Å². The SMILES string of the molecule is CCCOc1c(Br)cc(C=NNC(=O)CC(=O)Nc2ccccc2C)cc1OCC. The van der Waals surface area contributed by atoms with E-state index in [1.165, 1.54) is 6.21 Å². The number of nitrogens with zero attached hydrogens (tertiary/aromatic N) is 1. The molecule has 0 radical (unpaired) electrons. The van der Waals surface area contributed by atoms with E-state index in [2.05, 4.69) is 31.8 Å². The van der Waals surface area contributed by atoms with Crippen LogP contribution in [0.5, 0.6) is 11.5 Å². The summed E-state index contributed by atoms with van der Waals surface area (Å²) in [5, 5.41) is 6.64. The van der Waals surface area contributed by atoms with Crippen molar-refractivity contribution in [3.63, 3.8) is 0 Å². The predicted molar refractivity (Wildman–Crippen MR) is 121 cm³/mol. The maximum absolute atomic E-state index is 12.0. The van der Waals surface area contributed by atoms with Gasteiger partial charge in [0.2, 0.25) is 11.8 Å². The van der Waals surface area contributed by atoms with Crippen molar-refractivity contribution in [1.82, 2.24) is 5.43 Å². The highest BCUT2D eigenvalue weighted by Crippen LogP contribution is 2.36. The zero-order valence-electron chi connectivity index (χ0n) is 17.3. The number of halogens is 1. The Morgan fingerprint density at radius 3 is 2.60 bits per heavy atom. The van der Waals surface area contributed by atoms with Gasteiger partial charge in [-0.3, -0.25) is 9.59 Å². The summed E-state index contributed by atoms with van der Waals surface area (Å²) in [4.78, 5) is 24.0. The number of aryl methyl sites for hydroxylation is 1. The van der Waals surface area contributed by atoms with Gasteiger partial charge in [0.15, 0.2) is 11.5 Å². The first kappa shape index (κ1) is 23.4. The third-order valence-electron chi connectivity index (χ3n) is 3.93. The normalized spacial score (nSPS) is 10.7. The number of carbonyl (C=O) groups excluding carboxylic acids is 2. The van der Waals surface area contributed by atoms with E-state index in [9.17, 15) is 9.59 Å². The van der Waals surface area contributed by atoms with Crippen LogP contribution in [0.1, 0.15) is 37.8 Å². The van der Waals surface area contributed by atoms with E-state index in [0.29, 0.717) is 36.0 Å². The summed E-state index contributed by atoms with van der Waals surface area (Å²) in [6, 6.07) is 11.0. The van der Waals surface area contributed by atoms with E-state index in [4.69, 9.17) is 9.47 Å². The average Bonchev–Trinajstić information content (AvgIpc) is 2.69. The van der Waals surface area contributed by atoms with Gasteiger partial charge in [0.1, 0.15) is 6.42 Å². The maximum atomic E-state index is 12.0. The van der Waals surface area contributed by atoms with Crippen LogP contribution in [0.15, 0.2) is 46.0 Å². The molecule has 2 amide bonds. The van der Waals surface area contributed by atoms with Crippen molar-refractivity contribution in [2.45, 2.75) is 33.6 Å². The molecule has 7 nitrogen and oxygen atoms in total. The third kappa shape index (κ3) is 7.18. The minimum atomic E-state index is -0.510. The van der Waals surface area contributed by atoms with Crippen LogP contribution < -0.4 is 20.2 Å². The van der Waals surface area contributed by atoms with Crippen molar-refractivity contribution in [2.75, 3.05) is 18.5 Å². The summed E-state index contributed by atoms with van der Waals surface area (Å²) in [5.74, 6) is 0.304. The smallest absolute Gasteiger partial charge is 0.249 e. The van der Waals surface area contributed by atoms with E-state index in [0.717, 1.165) is 16.5 Å². The average molecular weight is 476 g/mol. The second kappa shape index (κ2) is 12.0. The first-order valence-electron chi connectivity index (χ1n) is 9.71. The number of rotatable bonds is 10. The van der Waals surface area contributed by atoms with E-state index in [1.54, 1.807) is 12.1 Å². The van der Waals surface area contributed by atoms with Gasteiger partial charge < -0.3 is 14.8 Å². The lowest BCUT2D eigenvalue weighted by molar-refractivity contribution is -0.126. The van der Waals surface area contributed by atoms with Crippen molar-refractivity contribution in [3.05, 3.63) is 52.0 Å². The zero-order valence-corrected chi connectivity index (χ0v) is 18.9. The molecule has 160 valence electrons. The molecule has 2 aromatic rings. The Hall–Kier alpha value is -2.87. The summed E-state index contributed by atoms with van der Waals surface area (Å²) >= 11 is 3.48. The van der Waals surface area contributed by atoms with Crippen molar-refractivity contribution >= 4 is 39.6 Å². The van der Waals surface area contributed by atoms with E-state index in [1.807, 2.05) is 45.0 Å². The van der Waals surface area contributed by atoms with Crippen molar-refractivity contribution in [3.8, 4) is 11.5 Å². The standard InChI is InChI=1S/C22H26BrN3O4/c1-4-10-30-22-17(23)11-16(12-19(22)29-5-2)14-24-26-21(28)13-20(27)25-18-9-7-6-8-15(18)3/h6-9,11-12,14H,4-5,10,13H2,1-3H3,(H,25,27)(H,26,28). The number of benzene rings is 2. The molecular formula is C22H26BrN3O4. The first-order chi connectivity index (χ1) is 14.4. The van der Waals surface area contributed by atoms with E-state index in [-0.39, 0.29) is 6.42 Å². The lowest BCUT2D eigenvalue weighted by atomic mass is 10.2. The molecule has 0 atom stereocenters. The molecule has 0 fully saturated rings. The Morgan fingerprint density at radius 2 is 1.90 bits per heavy atom. The fourth-order valence-electron chi connectivity index (χ4n) is 2.54. The number of hydrazone groups is 1. The van der Waals surface area contributed by atoms with Crippen LogP contribution in [0, 0.1) is 6.92 Å². The van der Waals surface area contributed by atoms with Gasteiger partial charge in [-0.1, -0.05) is 25.1 Å². The fourth-order valence-corrected chi connectivity index (χ4v) is 3.12. The molecule has 2 rings (SSSR count). The van der Waals surface area contributed by atoms with Gasteiger partial charge in [0.05, 0.1) is 23.9 Å². The number of hydrogen-bond acceptors (Lipinski definition) is 5. The first-order valence-corrected chi connectivity index (χ1v) is 10.5. The molecule has 2 aromatic carbocycles. The predicted octanol–water partition coefficient (Wildman–Crippen LogP) is 4.42. The molecule has 0 aliphatic rings. The van der Waals surface area contributed by atoms with Gasteiger partial charge in [0.25, 0.3) is 0 Å². The summed E-state index contributed by atoms with van der Waals surface area (Å²) in [7, 11) is 0. The molecule has 30 heavy (non-hydrogen) atoms. The van der Waals surface area contributed by atoms with Gasteiger partial charge in [0, 0.05) is 5.69 Å². The second-order valence-electron chi connectivity index (χ2n) is 6.44. The number of nitrogens with one attached hydrogen (secondary N) is 2. The lowest BCUT2D eigenvalue weighted by Crippen LogP contribution is -2.24. The monoisotopic (exact) mass is 475 g/mol. The number of hydrogen-bond donors (Lipinski definition) is 2. The molecule has 0 bridgehead atoms. The van der Waals surface area contributed by atoms with Crippen LogP contribution in [-0.2, 0) is 9.59 Å². The Labute approximate surface area is 185 Å². The number of ether oxygens (including phenoxy) is 2. The van der Waals surface area contributed by atoms with Crippen LogP contribution in [0.2, 0.25) is 0 Å². The molecule has 0 unspecified atom stereocenters. The molecule has 8 heteroatoms. The molecule has 2 N–H and O–H groups in total. The van der Waals surface area contributed by atoms with Gasteiger partial charge in [-0.15, -0.1) is 0 Å². The van der Waals surface area contributed by atoms with Gasteiger partial charge in [-0.25, -0.2) is 5.43 Å². The van der Waals surface area contributed by atoms with Crippen molar-refractivity contribution in [2.24, 2.45) is 5.10 Å². The van der Waals surface area contributed by atoms with Crippen LogP contribution in [0.25, 0.3) is 0 Å². The zero-order chi connectivity index (χ0) is 21.9. The number of carbonyl (C=O) groups is 2. The summed E-state index contributed by atoms with van der Waals surface area (Å²) in [6.45, 7) is 6.86. The summed E-state index contributed by atoms with van der Waals surface area (Å²) < 4.78 is 12.1. The highest BCUT2D eigenvalue weighted by atomic mass is 79.9. The summed E-state index contributed by atoms with van der Waals surface area (Å²) in [5.41, 5.74) is 4.67. The molecule has 0 aliphatic carbocycles. The lowest BCUT2D eigenvalue weighted by Gasteiger charge is -2.14. The minimum Gasteiger partial charge on any atom is -0.490 e. The maximum Gasteiger partial charge on any atom is 0.249 e. The minimum absolute atomic E-state index is 0.330. The van der Waals surface area contributed by atoms with Crippen LogP contribution in [0.3, 0.4) is 0 Å². The molecule has 0 aromatic heterocycles. The molecule has 0 heterocycles. The topological polar surface area (TPSA) is 89.0 Å². The Balaban J connectivity index is 1.96. The highest BCUT2D eigenvalue weighted by molar-refractivity contribution is 9.10. The molecule has 0 spiro atoms. The number of anilines is 1. The van der Waals surface area contributed by atoms with Crippen molar-refractivity contribution < 1.29 is 19.1 Å². The van der Waals surface area contributed by atoms with Gasteiger partial charge in [-0.05, 0) is 65.5 Å². The van der Waals surface area contributed by atoms with Gasteiger partial charge >= 0.3 is 0 Å². The number of amides is 2. The van der Waals surface area contributed by atoms with Crippen LogP contribution >= 0.6 is 15.9 Å². The molecule has 0 aliphatic heterocycles.